The van der Waals surface area contributed by atoms with Crippen LogP contribution in [0.3, 0.4) is 0 Å². The Kier molecular flexibility index (Phi) is 5.38. The molecule has 0 atom stereocenters. The van der Waals surface area contributed by atoms with E-state index < -0.39 is 6.09 Å². The van der Waals surface area contributed by atoms with Gasteiger partial charge in [-0.05, 0) is 31.2 Å². The van der Waals surface area contributed by atoms with Crippen LogP contribution in [0.25, 0.3) is 0 Å². The Balaban J connectivity index is 2.40. The molecule has 0 spiro atoms. The van der Waals surface area contributed by atoms with Gasteiger partial charge in [0.05, 0.1) is 19.1 Å². The largest absolute Gasteiger partial charge is 0.494 e. The van der Waals surface area contributed by atoms with Crippen molar-refractivity contribution in [3.8, 4) is 17.6 Å². The lowest BCUT2D eigenvalue weighted by atomic mass is 10.3. The lowest BCUT2D eigenvalue weighted by molar-refractivity contribution is 0.200. The van der Waals surface area contributed by atoms with Crippen molar-refractivity contribution >= 4 is 6.09 Å². The zero-order valence-electron chi connectivity index (χ0n) is 9.60. The second-order valence-electron chi connectivity index (χ2n) is 3.13. The number of rotatable bonds is 5. The molecule has 1 amide bonds. The minimum Gasteiger partial charge on any atom is -0.494 e. The molecule has 0 saturated carbocycles. The number of nitriles is 1. The molecule has 0 aliphatic carbocycles. The molecule has 0 radical (unpaired) electrons. The van der Waals surface area contributed by atoms with E-state index in [-0.39, 0.29) is 13.0 Å². The molecule has 17 heavy (non-hydrogen) atoms. The number of hydrogen-bond acceptors (Lipinski definition) is 4. The standard InChI is InChI=1S/C12H14N2O3/c1-2-16-10-4-6-11(7-5-10)17-12(15)14-9-3-8-13/h4-7H,2-3,9H2,1H3,(H,14,15). The topological polar surface area (TPSA) is 71.3 Å². The van der Waals surface area contributed by atoms with Crippen molar-refractivity contribution < 1.29 is 14.3 Å². The van der Waals surface area contributed by atoms with Crippen molar-refractivity contribution in [3.63, 3.8) is 0 Å². The first kappa shape index (κ1) is 12.8. The Morgan fingerprint density at radius 2 is 2.00 bits per heavy atom. The molecule has 0 unspecified atom stereocenters. The number of carbonyl (C=O) groups excluding carboxylic acids is 1. The molecule has 0 heterocycles. The van der Waals surface area contributed by atoms with Gasteiger partial charge in [0.1, 0.15) is 11.5 Å². The molecule has 0 aliphatic heterocycles. The SMILES string of the molecule is CCOc1ccc(OC(=O)NCCC#N)cc1. The predicted molar refractivity (Wildman–Crippen MR) is 61.9 cm³/mol. The Labute approximate surface area is 100.0 Å². The van der Waals surface area contributed by atoms with Crippen LogP contribution >= 0.6 is 0 Å². The first-order valence-electron chi connectivity index (χ1n) is 5.31. The van der Waals surface area contributed by atoms with E-state index >= 15 is 0 Å². The summed E-state index contributed by atoms with van der Waals surface area (Å²) >= 11 is 0. The summed E-state index contributed by atoms with van der Waals surface area (Å²) in [6, 6.07) is 8.66. The zero-order chi connectivity index (χ0) is 12.5. The van der Waals surface area contributed by atoms with Crippen LogP contribution in [0, 0.1) is 11.3 Å². The summed E-state index contributed by atoms with van der Waals surface area (Å²) in [7, 11) is 0. The van der Waals surface area contributed by atoms with Gasteiger partial charge in [-0.3, -0.25) is 0 Å². The van der Waals surface area contributed by atoms with Gasteiger partial charge < -0.3 is 14.8 Å². The van der Waals surface area contributed by atoms with Crippen molar-refractivity contribution in [1.82, 2.24) is 5.32 Å². The van der Waals surface area contributed by atoms with E-state index in [1.807, 2.05) is 13.0 Å². The highest BCUT2D eigenvalue weighted by Gasteiger charge is 2.03. The minimum atomic E-state index is -0.565. The summed E-state index contributed by atoms with van der Waals surface area (Å²) in [5, 5.41) is 10.8. The third-order valence-electron chi connectivity index (χ3n) is 1.85. The van der Waals surface area contributed by atoms with E-state index in [4.69, 9.17) is 14.7 Å². The highest BCUT2D eigenvalue weighted by Crippen LogP contribution is 2.17. The Hall–Kier alpha value is -2.22. The van der Waals surface area contributed by atoms with Gasteiger partial charge in [-0.25, -0.2) is 4.79 Å². The molecular weight excluding hydrogens is 220 g/mol. The normalized spacial score (nSPS) is 9.18. The quantitative estimate of drug-likeness (QED) is 0.792. The van der Waals surface area contributed by atoms with E-state index in [0.717, 1.165) is 5.75 Å². The molecule has 0 aromatic heterocycles. The van der Waals surface area contributed by atoms with Crippen LogP contribution < -0.4 is 14.8 Å². The van der Waals surface area contributed by atoms with Crippen LogP contribution in [0.1, 0.15) is 13.3 Å². The molecule has 1 rings (SSSR count). The fourth-order valence-electron chi connectivity index (χ4n) is 1.13. The number of carbonyl (C=O) groups is 1. The van der Waals surface area contributed by atoms with Crippen LogP contribution in [-0.4, -0.2) is 19.2 Å². The summed E-state index contributed by atoms with van der Waals surface area (Å²) in [6.07, 6.45) is -0.303. The lowest BCUT2D eigenvalue weighted by Crippen LogP contribution is -2.27. The van der Waals surface area contributed by atoms with Crippen LogP contribution in [0.5, 0.6) is 11.5 Å². The van der Waals surface area contributed by atoms with E-state index in [1.54, 1.807) is 24.3 Å². The molecule has 0 saturated heterocycles. The Morgan fingerprint density at radius 1 is 1.35 bits per heavy atom. The van der Waals surface area contributed by atoms with E-state index in [9.17, 15) is 4.79 Å². The summed E-state index contributed by atoms with van der Waals surface area (Å²) in [5.74, 6) is 1.16. The number of nitrogens with one attached hydrogen (secondary N) is 1. The van der Waals surface area contributed by atoms with Crippen molar-refractivity contribution in [2.24, 2.45) is 0 Å². The molecule has 90 valence electrons. The number of nitrogens with zero attached hydrogens (tertiary/aromatic N) is 1. The highest BCUT2D eigenvalue weighted by atomic mass is 16.6. The Morgan fingerprint density at radius 3 is 2.59 bits per heavy atom. The molecule has 0 aliphatic rings. The molecule has 5 heteroatoms. The second kappa shape index (κ2) is 7.12. The third kappa shape index (κ3) is 4.89. The third-order valence-corrected chi connectivity index (χ3v) is 1.85. The fourth-order valence-corrected chi connectivity index (χ4v) is 1.13. The van der Waals surface area contributed by atoms with Crippen LogP contribution in [0.4, 0.5) is 4.79 Å². The molecule has 0 bridgehead atoms. The summed E-state index contributed by atoms with van der Waals surface area (Å²) in [5.41, 5.74) is 0. The average Bonchev–Trinajstić information content (AvgIpc) is 2.32. The molecule has 1 aromatic rings. The zero-order valence-corrected chi connectivity index (χ0v) is 9.60. The van der Waals surface area contributed by atoms with Gasteiger partial charge in [0.25, 0.3) is 0 Å². The smallest absolute Gasteiger partial charge is 0.412 e. The fraction of sp³-hybridized carbons (Fsp3) is 0.333. The van der Waals surface area contributed by atoms with Crippen molar-refractivity contribution in [2.45, 2.75) is 13.3 Å². The van der Waals surface area contributed by atoms with Crippen molar-refractivity contribution in [1.29, 1.82) is 5.26 Å². The second-order valence-corrected chi connectivity index (χ2v) is 3.13. The molecule has 5 nitrogen and oxygen atoms in total. The summed E-state index contributed by atoms with van der Waals surface area (Å²) < 4.78 is 10.2. The number of hydrogen-bond donors (Lipinski definition) is 1. The van der Waals surface area contributed by atoms with E-state index in [1.165, 1.54) is 0 Å². The molecular formula is C12H14N2O3. The van der Waals surface area contributed by atoms with Crippen molar-refractivity contribution in [3.05, 3.63) is 24.3 Å². The van der Waals surface area contributed by atoms with Gasteiger partial charge in [-0.1, -0.05) is 0 Å². The van der Waals surface area contributed by atoms with Crippen molar-refractivity contribution in [2.75, 3.05) is 13.2 Å². The van der Waals surface area contributed by atoms with Gasteiger partial charge in [0, 0.05) is 6.54 Å². The average molecular weight is 234 g/mol. The first-order valence-corrected chi connectivity index (χ1v) is 5.31. The maximum atomic E-state index is 11.2. The Bertz CT molecular complexity index is 395. The van der Waals surface area contributed by atoms with Gasteiger partial charge in [0.2, 0.25) is 0 Å². The molecule has 0 fully saturated rings. The van der Waals surface area contributed by atoms with Gasteiger partial charge >= 0.3 is 6.09 Å². The summed E-state index contributed by atoms with van der Waals surface area (Å²) in [6.45, 7) is 2.77. The predicted octanol–water partition coefficient (Wildman–Crippen LogP) is 2.09. The van der Waals surface area contributed by atoms with E-state index in [0.29, 0.717) is 12.4 Å². The van der Waals surface area contributed by atoms with Gasteiger partial charge in [0.15, 0.2) is 0 Å². The summed E-state index contributed by atoms with van der Waals surface area (Å²) in [4.78, 5) is 11.2. The van der Waals surface area contributed by atoms with Gasteiger partial charge in [-0.15, -0.1) is 0 Å². The monoisotopic (exact) mass is 234 g/mol. The minimum absolute atomic E-state index is 0.262. The highest BCUT2D eigenvalue weighted by molar-refractivity contribution is 5.70. The lowest BCUT2D eigenvalue weighted by Gasteiger charge is -2.06. The molecule has 1 aromatic carbocycles. The maximum Gasteiger partial charge on any atom is 0.412 e. The first-order chi connectivity index (χ1) is 8.26. The van der Waals surface area contributed by atoms with Gasteiger partial charge in [-0.2, -0.15) is 5.26 Å². The maximum absolute atomic E-state index is 11.2. The van der Waals surface area contributed by atoms with E-state index in [2.05, 4.69) is 5.32 Å². The number of amides is 1. The van der Waals surface area contributed by atoms with Crippen LogP contribution in [0.2, 0.25) is 0 Å². The van der Waals surface area contributed by atoms with Crippen LogP contribution in [-0.2, 0) is 0 Å². The molecule has 1 N–H and O–H groups in total. The number of ether oxygens (including phenoxy) is 2. The number of benzene rings is 1. The van der Waals surface area contributed by atoms with Crippen LogP contribution in [0.15, 0.2) is 24.3 Å².